The summed E-state index contributed by atoms with van der Waals surface area (Å²) in [6, 6.07) is 7.24. The van der Waals surface area contributed by atoms with Gasteiger partial charge in [-0.1, -0.05) is 0 Å². The Bertz CT molecular complexity index is 412. The third-order valence-electron chi connectivity index (χ3n) is 1.75. The molecule has 4 nitrogen and oxygen atoms in total. The summed E-state index contributed by atoms with van der Waals surface area (Å²) in [5, 5.41) is 20.1. The van der Waals surface area contributed by atoms with Gasteiger partial charge < -0.3 is 10.4 Å². The third kappa shape index (κ3) is 3.60. The van der Waals surface area contributed by atoms with E-state index in [1.807, 2.05) is 6.07 Å². The minimum Gasteiger partial charge on any atom is -0.481 e. The molecule has 0 aliphatic carbocycles. The second-order valence-electron chi connectivity index (χ2n) is 2.88. The SMILES string of the molecule is N#Cc1cc(NCCC(=O)O)ccc1Br. The zero-order chi connectivity index (χ0) is 11.3. The summed E-state index contributed by atoms with van der Waals surface area (Å²) in [6.07, 6.45) is 0.0535. The van der Waals surface area contributed by atoms with Crippen molar-refractivity contribution in [3.63, 3.8) is 0 Å². The topological polar surface area (TPSA) is 73.1 Å². The molecule has 0 fully saturated rings. The van der Waals surface area contributed by atoms with Crippen LogP contribution in [0.25, 0.3) is 0 Å². The lowest BCUT2D eigenvalue weighted by Crippen LogP contribution is -2.07. The van der Waals surface area contributed by atoms with Crippen molar-refractivity contribution in [1.82, 2.24) is 0 Å². The number of carboxylic acid groups (broad SMARTS) is 1. The van der Waals surface area contributed by atoms with Crippen LogP contribution in [0, 0.1) is 11.3 Å². The summed E-state index contributed by atoms with van der Waals surface area (Å²) in [5.41, 5.74) is 1.27. The first kappa shape index (κ1) is 11.5. The molecule has 78 valence electrons. The van der Waals surface area contributed by atoms with E-state index in [0.29, 0.717) is 12.1 Å². The molecule has 5 heteroatoms. The van der Waals surface area contributed by atoms with Crippen LogP contribution >= 0.6 is 15.9 Å². The maximum Gasteiger partial charge on any atom is 0.305 e. The van der Waals surface area contributed by atoms with Crippen LogP contribution in [0.3, 0.4) is 0 Å². The Hall–Kier alpha value is -1.54. The molecule has 1 aromatic rings. The van der Waals surface area contributed by atoms with Crippen LogP contribution in [-0.2, 0) is 4.79 Å². The zero-order valence-corrected chi connectivity index (χ0v) is 9.41. The normalized spacial score (nSPS) is 9.33. The summed E-state index contributed by atoms with van der Waals surface area (Å²) in [7, 11) is 0. The minimum absolute atomic E-state index is 0.0535. The number of anilines is 1. The molecule has 0 spiro atoms. The molecule has 1 rings (SSSR count). The predicted octanol–water partition coefficient (Wildman–Crippen LogP) is 2.21. The highest BCUT2D eigenvalue weighted by Crippen LogP contribution is 2.20. The van der Waals surface area contributed by atoms with E-state index in [-0.39, 0.29) is 6.42 Å². The van der Waals surface area contributed by atoms with Crippen molar-refractivity contribution in [2.75, 3.05) is 11.9 Å². The monoisotopic (exact) mass is 268 g/mol. The molecule has 2 N–H and O–H groups in total. The number of carboxylic acids is 1. The number of benzene rings is 1. The largest absolute Gasteiger partial charge is 0.481 e. The van der Waals surface area contributed by atoms with Crippen molar-refractivity contribution in [1.29, 1.82) is 5.26 Å². The predicted molar refractivity (Wildman–Crippen MR) is 59.6 cm³/mol. The van der Waals surface area contributed by atoms with Crippen LogP contribution in [0.2, 0.25) is 0 Å². The molecule has 15 heavy (non-hydrogen) atoms. The van der Waals surface area contributed by atoms with Gasteiger partial charge >= 0.3 is 5.97 Å². The Balaban J connectivity index is 2.63. The van der Waals surface area contributed by atoms with Crippen LogP contribution in [-0.4, -0.2) is 17.6 Å². The second-order valence-corrected chi connectivity index (χ2v) is 3.73. The number of carbonyl (C=O) groups is 1. The van der Waals surface area contributed by atoms with Crippen LogP contribution in [0.5, 0.6) is 0 Å². The van der Waals surface area contributed by atoms with E-state index in [9.17, 15) is 4.79 Å². The molecule has 0 aliphatic heterocycles. The molecule has 0 aromatic heterocycles. The van der Waals surface area contributed by atoms with E-state index in [4.69, 9.17) is 10.4 Å². The highest BCUT2D eigenvalue weighted by molar-refractivity contribution is 9.10. The fraction of sp³-hybridized carbons (Fsp3) is 0.200. The number of nitrogens with zero attached hydrogens (tertiary/aromatic N) is 1. The molecule has 0 atom stereocenters. The van der Waals surface area contributed by atoms with E-state index in [0.717, 1.165) is 10.2 Å². The number of nitriles is 1. The van der Waals surface area contributed by atoms with Crippen molar-refractivity contribution < 1.29 is 9.90 Å². The summed E-state index contributed by atoms with van der Waals surface area (Å²) in [6.45, 7) is 0.349. The van der Waals surface area contributed by atoms with Crippen LogP contribution in [0.4, 0.5) is 5.69 Å². The molecular weight excluding hydrogens is 260 g/mol. The molecular formula is C10H9BrN2O2. The Morgan fingerprint density at radius 1 is 1.60 bits per heavy atom. The average Bonchev–Trinajstić information content (AvgIpc) is 2.20. The molecule has 0 saturated carbocycles. The fourth-order valence-electron chi connectivity index (χ4n) is 1.03. The van der Waals surface area contributed by atoms with Crippen molar-refractivity contribution in [2.45, 2.75) is 6.42 Å². The van der Waals surface area contributed by atoms with Gasteiger partial charge in [0, 0.05) is 16.7 Å². The maximum absolute atomic E-state index is 10.3. The summed E-state index contributed by atoms with van der Waals surface area (Å²) < 4.78 is 0.730. The van der Waals surface area contributed by atoms with E-state index in [1.54, 1.807) is 18.2 Å². The number of rotatable bonds is 4. The maximum atomic E-state index is 10.3. The smallest absolute Gasteiger partial charge is 0.305 e. The number of hydrogen-bond acceptors (Lipinski definition) is 3. The summed E-state index contributed by atoms with van der Waals surface area (Å²) in [4.78, 5) is 10.3. The highest BCUT2D eigenvalue weighted by Gasteiger charge is 2.01. The van der Waals surface area contributed by atoms with Crippen LogP contribution in [0.15, 0.2) is 22.7 Å². The molecule has 0 bridgehead atoms. The van der Waals surface area contributed by atoms with Gasteiger partial charge in [0.2, 0.25) is 0 Å². The van der Waals surface area contributed by atoms with Crippen LogP contribution < -0.4 is 5.32 Å². The first-order valence-electron chi connectivity index (χ1n) is 4.29. The van der Waals surface area contributed by atoms with Crippen LogP contribution in [0.1, 0.15) is 12.0 Å². The standard InChI is InChI=1S/C10H9BrN2O2/c11-9-2-1-8(5-7(9)6-12)13-4-3-10(14)15/h1-2,5,13H,3-4H2,(H,14,15). The zero-order valence-electron chi connectivity index (χ0n) is 7.83. The third-order valence-corrected chi connectivity index (χ3v) is 2.45. The van der Waals surface area contributed by atoms with Gasteiger partial charge in [0.15, 0.2) is 0 Å². The van der Waals surface area contributed by atoms with E-state index < -0.39 is 5.97 Å². The summed E-state index contributed by atoms with van der Waals surface area (Å²) in [5.74, 6) is -0.847. The first-order valence-corrected chi connectivity index (χ1v) is 5.08. The molecule has 0 aliphatic rings. The Labute approximate surface area is 95.7 Å². The van der Waals surface area contributed by atoms with Gasteiger partial charge in [-0.2, -0.15) is 5.26 Å². The molecule has 0 heterocycles. The van der Waals surface area contributed by atoms with Gasteiger partial charge in [-0.15, -0.1) is 0 Å². The lowest BCUT2D eigenvalue weighted by Gasteiger charge is -2.05. The first-order chi connectivity index (χ1) is 7.13. The van der Waals surface area contributed by atoms with Crippen molar-refractivity contribution in [3.05, 3.63) is 28.2 Å². The van der Waals surface area contributed by atoms with Gasteiger partial charge in [-0.05, 0) is 34.1 Å². The van der Waals surface area contributed by atoms with Gasteiger partial charge in [0.05, 0.1) is 12.0 Å². The average molecular weight is 269 g/mol. The molecule has 0 radical (unpaired) electrons. The Morgan fingerprint density at radius 3 is 2.93 bits per heavy atom. The van der Waals surface area contributed by atoms with E-state index in [2.05, 4.69) is 21.2 Å². The quantitative estimate of drug-likeness (QED) is 0.878. The van der Waals surface area contributed by atoms with Gasteiger partial charge in [0.25, 0.3) is 0 Å². The molecule has 0 amide bonds. The highest BCUT2D eigenvalue weighted by atomic mass is 79.9. The van der Waals surface area contributed by atoms with Gasteiger partial charge in [-0.25, -0.2) is 0 Å². The van der Waals surface area contributed by atoms with Crippen molar-refractivity contribution in [2.24, 2.45) is 0 Å². The number of aliphatic carboxylic acids is 1. The lowest BCUT2D eigenvalue weighted by atomic mass is 10.2. The van der Waals surface area contributed by atoms with Gasteiger partial charge in [-0.3, -0.25) is 4.79 Å². The molecule has 1 aromatic carbocycles. The Kier molecular flexibility index (Phi) is 4.13. The lowest BCUT2D eigenvalue weighted by molar-refractivity contribution is -0.136. The van der Waals surface area contributed by atoms with Gasteiger partial charge in [0.1, 0.15) is 6.07 Å². The number of hydrogen-bond donors (Lipinski definition) is 2. The Morgan fingerprint density at radius 2 is 2.33 bits per heavy atom. The fourth-order valence-corrected chi connectivity index (χ4v) is 1.37. The van der Waals surface area contributed by atoms with Crippen molar-refractivity contribution >= 4 is 27.6 Å². The molecule has 0 unspecified atom stereocenters. The van der Waals surface area contributed by atoms with Crippen molar-refractivity contribution in [3.8, 4) is 6.07 Å². The number of nitrogens with one attached hydrogen (secondary N) is 1. The summed E-state index contributed by atoms with van der Waals surface area (Å²) >= 11 is 3.24. The number of halogens is 1. The molecule has 0 saturated heterocycles. The minimum atomic E-state index is -0.847. The van der Waals surface area contributed by atoms with E-state index >= 15 is 0 Å². The van der Waals surface area contributed by atoms with E-state index in [1.165, 1.54) is 0 Å². The second kappa shape index (κ2) is 5.37.